The number of rotatable bonds is 6. The van der Waals surface area contributed by atoms with Crippen molar-refractivity contribution < 1.29 is 24.2 Å². The molecular weight excluding hydrogens is 732 g/mol. The van der Waals surface area contributed by atoms with Gasteiger partial charge in [-0.1, -0.05) is 25.6 Å². The van der Waals surface area contributed by atoms with E-state index < -0.39 is 12.2 Å². The quantitative estimate of drug-likeness (QED) is 0.376. The lowest BCUT2D eigenvalue weighted by Crippen LogP contribution is -2.56. The lowest BCUT2D eigenvalue weighted by Gasteiger charge is -2.41. The highest BCUT2D eigenvalue weighted by molar-refractivity contribution is 9.11. The van der Waals surface area contributed by atoms with Gasteiger partial charge < -0.3 is 35.2 Å². The van der Waals surface area contributed by atoms with Gasteiger partial charge >= 0.3 is 12.1 Å². The Hall–Kier alpha value is -2.87. The van der Waals surface area contributed by atoms with E-state index >= 15 is 0 Å². The number of nitrogens with zero attached hydrogens (tertiary/aromatic N) is 4. The number of ether oxygens (including phenoxy) is 1. The molecule has 3 fully saturated rings. The van der Waals surface area contributed by atoms with E-state index in [4.69, 9.17) is 4.74 Å². The number of piperidine rings is 2. The van der Waals surface area contributed by atoms with Crippen molar-refractivity contribution in [2.75, 3.05) is 64.2 Å². The second-order valence-corrected chi connectivity index (χ2v) is 14.3. The zero-order valence-electron chi connectivity index (χ0n) is 25.9. The fraction of sp³-hybridized carbons (Fsp3) is 0.559. The van der Waals surface area contributed by atoms with Crippen LogP contribution in [0.25, 0.3) is 0 Å². The minimum atomic E-state index is -1.01. The van der Waals surface area contributed by atoms with E-state index in [1.165, 1.54) is 0 Å². The summed E-state index contributed by atoms with van der Waals surface area (Å²) in [5.74, 6) is -0.128. The van der Waals surface area contributed by atoms with Crippen LogP contribution < -0.4 is 10.6 Å². The van der Waals surface area contributed by atoms with Crippen LogP contribution in [0.15, 0.2) is 45.3 Å². The van der Waals surface area contributed by atoms with Gasteiger partial charge in [0.05, 0.1) is 8.95 Å². The molecule has 6 rings (SSSR count). The molecule has 0 bridgehead atoms. The van der Waals surface area contributed by atoms with Gasteiger partial charge in [-0.2, -0.15) is 0 Å². The van der Waals surface area contributed by atoms with Crippen molar-refractivity contribution in [1.82, 2.24) is 24.9 Å². The number of likely N-dealkylation sites (tertiary alicyclic amines) is 1. The molecule has 1 atom stereocenters. The molecule has 4 aliphatic heterocycles. The molecule has 13 heteroatoms. The molecule has 3 N–H and O–H groups in total. The van der Waals surface area contributed by atoms with Crippen LogP contribution in [0.5, 0.6) is 5.75 Å². The predicted octanol–water partition coefficient (Wildman–Crippen LogP) is 5.05. The number of fused-ring (bicyclic) bond motifs is 1. The van der Waals surface area contributed by atoms with Gasteiger partial charge in [0, 0.05) is 70.0 Å². The summed E-state index contributed by atoms with van der Waals surface area (Å²) in [6.45, 7) is 6.33. The van der Waals surface area contributed by atoms with Crippen molar-refractivity contribution in [2.45, 2.75) is 64.1 Å². The number of amides is 4. The zero-order chi connectivity index (χ0) is 32.2. The number of urea groups is 1. The summed E-state index contributed by atoms with van der Waals surface area (Å²) in [6.07, 6.45) is 2.93. The Morgan fingerprint density at radius 2 is 1.55 bits per heavy atom. The number of halogens is 2. The van der Waals surface area contributed by atoms with Gasteiger partial charge in [0.15, 0.2) is 6.10 Å². The average molecular weight is 779 g/mol. The zero-order valence-corrected chi connectivity index (χ0v) is 29.1. The first kappa shape index (κ1) is 35.4. The number of carbonyl (C=O) groups excluding carboxylic acids is 3. The number of hydrogen-bond donors (Lipinski definition) is 3. The molecule has 4 heterocycles. The summed E-state index contributed by atoms with van der Waals surface area (Å²) >= 11 is 6.76. The van der Waals surface area contributed by atoms with Crippen LogP contribution >= 0.6 is 31.9 Å². The van der Waals surface area contributed by atoms with Gasteiger partial charge in [0.25, 0.3) is 5.91 Å². The van der Waals surface area contributed by atoms with E-state index in [-0.39, 0.29) is 37.6 Å². The molecule has 3 saturated heterocycles. The smallest absolute Gasteiger partial charge is 0.410 e. The SMILES string of the molecule is C.O=C(O[C@H](Cc1cc(Br)c(O)c(Br)c1)C(=O)N1CCN(C2CCNCC2)CC1)N1CCC(N2CCc3ccccc3NC2=O)CC1. The standard InChI is InChI=1S/C33H42Br2N6O5.CH4/c34-26-19-22(20-27(35)30(26)42)21-29(31(43)39-17-15-38(16-18-39)24-5-10-36-11-6-24)46-33(45)40-12-8-25(9-13-40)41-14-7-23-3-1-2-4-28(23)37-32(41)44;/h1-4,19-20,24-25,29,36,42H,5-18,21H2,(H,37,44);1H4/t29-;/m1./s1. The van der Waals surface area contributed by atoms with E-state index in [2.05, 4.69) is 47.4 Å². The number of benzene rings is 2. The van der Waals surface area contributed by atoms with Gasteiger partial charge in [-0.15, -0.1) is 0 Å². The molecule has 11 nitrogen and oxygen atoms in total. The van der Waals surface area contributed by atoms with Gasteiger partial charge in [-0.05, 0) is 106 Å². The summed E-state index contributed by atoms with van der Waals surface area (Å²) in [7, 11) is 0. The fourth-order valence-corrected chi connectivity index (χ4v) is 8.39. The first-order valence-corrected chi connectivity index (χ1v) is 17.9. The number of para-hydroxylation sites is 1. The highest BCUT2D eigenvalue weighted by Crippen LogP contribution is 2.34. The van der Waals surface area contributed by atoms with Crippen LogP contribution in [0.3, 0.4) is 0 Å². The van der Waals surface area contributed by atoms with Crippen LogP contribution in [0.4, 0.5) is 15.3 Å². The van der Waals surface area contributed by atoms with Crippen LogP contribution in [0, 0.1) is 0 Å². The van der Waals surface area contributed by atoms with E-state index in [9.17, 15) is 19.5 Å². The summed E-state index contributed by atoms with van der Waals surface area (Å²) in [5.41, 5.74) is 2.73. The van der Waals surface area contributed by atoms with Crippen LogP contribution in [-0.4, -0.2) is 120 Å². The lowest BCUT2D eigenvalue weighted by molar-refractivity contribution is -0.143. The summed E-state index contributed by atoms with van der Waals surface area (Å²) in [5, 5.41) is 16.7. The van der Waals surface area contributed by atoms with Gasteiger partial charge in [0.1, 0.15) is 5.75 Å². The van der Waals surface area contributed by atoms with Crippen molar-refractivity contribution in [3.05, 3.63) is 56.5 Å². The fourth-order valence-electron chi connectivity index (χ4n) is 7.11. The number of aromatic hydroxyl groups is 1. The van der Waals surface area contributed by atoms with Gasteiger partial charge in [0.2, 0.25) is 0 Å². The normalized spacial score (nSPS) is 20.5. The van der Waals surface area contributed by atoms with Crippen LogP contribution in [-0.2, 0) is 22.4 Å². The number of phenols is 1. The van der Waals surface area contributed by atoms with E-state index in [0.717, 1.165) is 62.3 Å². The summed E-state index contributed by atoms with van der Waals surface area (Å²) in [4.78, 5) is 48.4. The maximum Gasteiger partial charge on any atom is 0.410 e. The van der Waals surface area contributed by atoms with Gasteiger partial charge in [-0.25, -0.2) is 9.59 Å². The Morgan fingerprint density at radius 3 is 2.23 bits per heavy atom. The Kier molecular flexibility index (Phi) is 12.1. The van der Waals surface area contributed by atoms with Crippen molar-refractivity contribution in [2.24, 2.45) is 0 Å². The Morgan fingerprint density at radius 1 is 0.894 bits per heavy atom. The number of nitrogens with one attached hydrogen (secondary N) is 2. The minimum Gasteiger partial charge on any atom is -0.506 e. The van der Waals surface area contributed by atoms with E-state index in [0.29, 0.717) is 60.6 Å². The lowest BCUT2D eigenvalue weighted by atomic mass is 10.0. The molecule has 256 valence electrons. The van der Waals surface area contributed by atoms with E-state index in [1.807, 2.05) is 34.1 Å². The molecule has 0 unspecified atom stereocenters. The highest BCUT2D eigenvalue weighted by Gasteiger charge is 2.36. The molecule has 0 radical (unpaired) electrons. The Balaban J connectivity index is 0.00000433. The first-order valence-electron chi connectivity index (χ1n) is 16.3. The van der Waals surface area contributed by atoms with Crippen molar-refractivity contribution in [3.8, 4) is 5.75 Å². The van der Waals surface area contributed by atoms with Crippen molar-refractivity contribution >= 4 is 55.6 Å². The second-order valence-electron chi connectivity index (χ2n) is 12.6. The van der Waals surface area contributed by atoms with Gasteiger partial charge in [-0.3, -0.25) is 9.69 Å². The maximum atomic E-state index is 13.9. The maximum absolute atomic E-state index is 13.9. The number of hydrogen-bond acceptors (Lipinski definition) is 7. The Labute approximate surface area is 294 Å². The molecule has 0 spiro atoms. The number of piperazine rings is 1. The molecule has 2 aromatic carbocycles. The largest absolute Gasteiger partial charge is 0.506 e. The molecule has 4 amide bonds. The minimum absolute atomic E-state index is 0. The number of anilines is 1. The number of carbonyl (C=O) groups is 3. The number of phenolic OH excluding ortho intramolecular Hbond substituents is 1. The third kappa shape index (κ3) is 8.41. The molecule has 47 heavy (non-hydrogen) atoms. The topological polar surface area (TPSA) is 118 Å². The van der Waals surface area contributed by atoms with Crippen LogP contribution in [0.1, 0.15) is 44.2 Å². The first-order chi connectivity index (χ1) is 22.3. The molecular formula is C34H46Br2N6O5. The summed E-state index contributed by atoms with van der Waals surface area (Å²) < 4.78 is 7.00. The molecule has 2 aromatic rings. The molecule has 0 saturated carbocycles. The molecule has 0 aliphatic carbocycles. The Bertz CT molecular complexity index is 1400. The molecule has 4 aliphatic rings. The molecule has 0 aromatic heterocycles. The predicted molar refractivity (Wildman–Crippen MR) is 189 cm³/mol. The second kappa shape index (κ2) is 16.0. The third-order valence-electron chi connectivity index (χ3n) is 9.77. The highest BCUT2D eigenvalue weighted by atomic mass is 79.9. The van der Waals surface area contributed by atoms with Crippen molar-refractivity contribution in [1.29, 1.82) is 0 Å². The van der Waals surface area contributed by atoms with E-state index in [1.54, 1.807) is 17.0 Å². The summed E-state index contributed by atoms with van der Waals surface area (Å²) in [6, 6.07) is 11.8. The monoisotopic (exact) mass is 776 g/mol. The third-order valence-corrected chi connectivity index (χ3v) is 11.0. The van der Waals surface area contributed by atoms with Crippen LogP contribution in [0.2, 0.25) is 0 Å². The average Bonchev–Trinajstić information content (AvgIpc) is 3.25. The van der Waals surface area contributed by atoms with Crippen molar-refractivity contribution in [3.63, 3.8) is 0 Å².